The first-order valence-electron chi connectivity index (χ1n) is 9.04. The molecule has 2 aromatic carbocycles. The summed E-state index contributed by atoms with van der Waals surface area (Å²) >= 11 is 0. The molecule has 1 aromatic heterocycles. The molecule has 3 aliphatic rings. The van der Waals surface area contributed by atoms with Crippen LogP contribution in [0.15, 0.2) is 48.5 Å². The molecule has 0 bridgehead atoms. The lowest BCUT2D eigenvalue weighted by atomic mass is 9.92. The highest BCUT2D eigenvalue weighted by Gasteiger charge is 2.50. The highest BCUT2D eigenvalue weighted by atomic mass is 16.2. The molecule has 0 aliphatic carbocycles. The number of hydrogen-bond donors (Lipinski definition) is 1. The average molecular weight is 343 g/mol. The summed E-state index contributed by atoms with van der Waals surface area (Å²) in [5.74, 6) is 0.0192. The highest BCUT2D eigenvalue weighted by molar-refractivity contribution is 6.05. The lowest BCUT2D eigenvalue weighted by molar-refractivity contribution is -0.145. The van der Waals surface area contributed by atoms with E-state index in [0.29, 0.717) is 18.7 Å². The number of aromatic nitrogens is 1. The Hall–Kier alpha value is -3.08. The third-order valence-electron chi connectivity index (χ3n) is 6.10. The van der Waals surface area contributed by atoms with Crippen molar-refractivity contribution in [3.8, 4) is 0 Å². The van der Waals surface area contributed by atoms with Crippen LogP contribution in [0.4, 0.5) is 0 Å². The van der Waals surface area contributed by atoms with E-state index in [1.54, 1.807) is 4.90 Å². The lowest BCUT2D eigenvalue weighted by Crippen LogP contribution is -2.55. The van der Waals surface area contributed by atoms with Gasteiger partial charge in [0.2, 0.25) is 0 Å². The van der Waals surface area contributed by atoms with Crippen LogP contribution in [0.25, 0.3) is 10.9 Å². The number of nitrogens with zero attached hydrogens (tertiary/aromatic N) is 2. The third kappa shape index (κ3) is 1.60. The standard InChI is InChI=1S/C21H17N3O2/c25-20-15-7-2-1-6-14(15)19-21(26)23-10-9-13-12-5-3-4-8-16(12)22-18(13)17(23)11-24(19)20/h1-8,17,19,22H,9-11H2. The van der Waals surface area contributed by atoms with Crippen LogP contribution in [0.5, 0.6) is 0 Å². The van der Waals surface area contributed by atoms with Crippen LogP contribution >= 0.6 is 0 Å². The maximum Gasteiger partial charge on any atom is 0.255 e. The van der Waals surface area contributed by atoms with Gasteiger partial charge in [-0.25, -0.2) is 0 Å². The Morgan fingerprint density at radius 2 is 1.77 bits per heavy atom. The van der Waals surface area contributed by atoms with E-state index in [1.807, 2.05) is 41.3 Å². The van der Waals surface area contributed by atoms with Gasteiger partial charge in [0, 0.05) is 35.2 Å². The van der Waals surface area contributed by atoms with E-state index in [0.717, 1.165) is 23.2 Å². The van der Waals surface area contributed by atoms with Gasteiger partial charge in [0.15, 0.2) is 0 Å². The van der Waals surface area contributed by atoms with Crippen molar-refractivity contribution in [2.75, 3.05) is 13.1 Å². The third-order valence-corrected chi connectivity index (χ3v) is 6.10. The molecule has 1 saturated heterocycles. The van der Waals surface area contributed by atoms with Crippen molar-refractivity contribution >= 4 is 22.7 Å². The van der Waals surface area contributed by atoms with Gasteiger partial charge in [0.1, 0.15) is 6.04 Å². The number of fused-ring (bicyclic) bond motifs is 8. The molecule has 1 fully saturated rings. The van der Waals surface area contributed by atoms with Crippen LogP contribution in [0.1, 0.15) is 39.3 Å². The first kappa shape index (κ1) is 14.1. The van der Waals surface area contributed by atoms with Gasteiger partial charge in [-0.15, -0.1) is 0 Å². The molecule has 1 N–H and O–H groups in total. The quantitative estimate of drug-likeness (QED) is 0.682. The predicted molar refractivity (Wildman–Crippen MR) is 96.7 cm³/mol. The maximum atomic E-state index is 13.3. The molecule has 2 unspecified atom stereocenters. The molecule has 3 aromatic rings. The van der Waals surface area contributed by atoms with E-state index in [2.05, 4.69) is 17.1 Å². The van der Waals surface area contributed by atoms with E-state index in [4.69, 9.17) is 0 Å². The average Bonchev–Trinajstić information content (AvgIpc) is 3.19. The molecule has 6 rings (SSSR count). The Kier molecular flexibility index (Phi) is 2.58. The number of benzene rings is 2. The van der Waals surface area contributed by atoms with E-state index in [-0.39, 0.29) is 17.9 Å². The number of carbonyl (C=O) groups excluding carboxylic acids is 2. The van der Waals surface area contributed by atoms with Crippen LogP contribution in [-0.4, -0.2) is 39.7 Å². The summed E-state index contributed by atoms with van der Waals surface area (Å²) in [6, 6.07) is 15.2. The fraction of sp³-hybridized carbons (Fsp3) is 0.238. The second-order valence-corrected chi connectivity index (χ2v) is 7.31. The summed E-state index contributed by atoms with van der Waals surface area (Å²) in [6.45, 7) is 1.25. The largest absolute Gasteiger partial charge is 0.356 e. The summed E-state index contributed by atoms with van der Waals surface area (Å²) in [7, 11) is 0. The number of aromatic amines is 1. The second kappa shape index (κ2) is 4.75. The van der Waals surface area contributed by atoms with Crippen molar-refractivity contribution in [2.24, 2.45) is 0 Å². The fourth-order valence-corrected chi connectivity index (χ4v) is 4.94. The smallest absolute Gasteiger partial charge is 0.255 e. The molecule has 2 amide bonds. The Labute approximate surface area is 150 Å². The monoisotopic (exact) mass is 343 g/mol. The van der Waals surface area contributed by atoms with E-state index in [9.17, 15) is 9.59 Å². The number of para-hydroxylation sites is 1. The van der Waals surface area contributed by atoms with E-state index >= 15 is 0 Å². The van der Waals surface area contributed by atoms with Crippen LogP contribution in [0, 0.1) is 0 Å². The molecule has 26 heavy (non-hydrogen) atoms. The van der Waals surface area contributed by atoms with E-state index < -0.39 is 6.04 Å². The summed E-state index contributed by atoms with van der Waals surface area (Å²) in [6.07, 6.45) is 0.851. The van der Waals surface area contributed by atoms with Crippen molar-refractivity contribution < 1.29 is 9.59 Å². The van der Waals surface area contributed by atoms with Crippen molar-refractivity contribution in [3.63, 3.8) is 0 Å². The van der Waals surface area contributed by atoms with Crippen molar-refractivity contribution in [1.29, 1.82) is 0 Å². The molecule has 2 atom stereocenters. The van der Waals surface area contributed by atoms with Gasteiger partial charge < -0.3 is 14.8 Å². The molecule has 3 aliphatic heterocycles. The molecular weight excluding hydrogens is 326 g/mol. The van der Waals surface area contributed by atoms with Crippen LogP contribution in [-0.2, 0) is 11.2 Å². The van der Waals surface area contributed by atoms with Gasteiger partial charge in [-0.05, 0) is 29.7 Å². The van der Waals surface area contributed by atoms with Crippen LogP contribution in [0.2, 0.25) is 0 Å². The van der Waals surface area contributed by atoms with Gasteiger partial charge in [0.25, 0.3) is 11.8 Å². The first-order chi connectivity index (χ1) is 12.7. The second-order valence-electron chi connectivity index (χ2n) is 7.31. The Morgan fingerprint density at radius 1 is 0.962 bits per heavy atom. The molecule has 5 nitrogen and oxygen atoms in total. The van der Waals surface area contributed by atoms with Crippen molar-refractivity contribution in [2.45, 2.75) is 18.5 Å². The fourth-order valence-electron chi connectivity index (χ4n) is 4.94. The minimum atomic E-state index is -0.458. The molecule has 128 valence electrons. The number of piperazine rings is 1. The maximum absolute atomic E-state index is 13.3. The lowest BCUT2D eigenvalue weighted by Gasteiger charge is -2.45. The summed E-state index contributed by atoms with van der Waals surface area (Å²) in [5, 5.41) is 1.23. The zero-order valence-corrected chi connectivity index (χ0v) is 14.1. The Balaban J connectivity index is 1.49. The topological polar surface area (TPSA) is 56.4 Å². The first-order valence-corrected chi connectivity index (χ1v) is 9.04. The van der Waals surface area contributed by atoms with Gasteiger partial charge in [0.05, 0.1) is 6.04 Å². The van der Waals surface area contributed by atoms with Crippen molar-refractivity contribution in [1.82, 2.24) is 14.8 Å². The number of rotatable bonds is 0. The number of H-pyrrole nitrogens is 1. The Bertz CT molecular complexity index is 1100. The van der Waals surface area contributed by atoms with Crippen molar-refractivity contribution in [3.05, 3.63) is 70.9 Å². The minimum absolute atomic E-state index is 0.0261. The summed E-state index contributed by atoms with van der Waals surface area (Å²) in [4.78, 5) is 33.4. The van der Waals surface area contributed by atoms with E-state index in [1.165, 1.54) is 10.9 Å². The van der Waals surface area contributed by atoms with Gasteiger partial charge >= 0.3 is 0 Å². The molecule has 0 spiro atoms. The van der Waals surface area contributed by atoms with Crippen LogP contribution in [0.3, 0.4) is 0 Å². The summed E-state index contributed by atoms with van der Waals surface area (Å²) in [5.41, 5.74) is 5.00. The number of nitrogens with one attached hydrogen (secondary N) is 1. The normalized spacial score (nSPS) is 23.7. The molecule has 0 radical (unpaired) electrons. The molecule has 4 heterocycles. The molecular formula is C21H17N3O2. The minimum Gasteiger partial charge on any atom is -0.356 e. The molecule has 5 heteroatoms. The highest BCUT2D eigenvalue weighted by Crippen LogP contribution is 2.45. The Morgan fingerprint density at radius 3 is 2.69 bits per heavy atom. The van der Waals surface area contributed by atoms with Gasteiger partial charge in [-0.3, -0.25) is 9.59 Å². The number of hydrogen-bond acceptors (Lipinski definition) is 2. The zero-order chi connectivity index (χ0) is 17.4. The zero-order valence-electron chi connectivity index (χ0n) is 14.1. The van der Waals surface area contributed by atoms with Gasteiger partial charge in [-0.2, -0.15) is 0 Å². The molecule has 0 saturated carbocycles. The summed E-state index contributed by atoms with van der Waals surface area (Å²) < 4.78 is 0. The van der Waals surface area contributed by atoms with Gasteiger partial charge in [-0.1, -0.05) is 36.4 Å². The number of amides is 2. The van der Waals surface area contributed by atoms with Crippen LogP contribution < -0.4 is 0 Å². The number of carbonyl (C=O) groups is 2. The SMILES string of the molecule is O=C1C2c3ccccc3C(=O)N2CC2c3[nH]c4ccccc4c3CCN12. The predicted octanol–water partition coefficient (Wildman–Crippen LogP) is 2.80.